The summed E-state index contributed by atoms with van der Waals surface area (Å²) in [7, 11) is 0. The molecular formula is C31H44N2O4. The van der Waals surface area contributed by atoms with Gasteiger partial charge in [-0.2, -0.15) is 0 Å². The molecule has 1 aromatic rings. The van der Waals surface area contributed by atoms with E-state index in [1.54, 1.807) is 17.9 Å². The van der Waals surface area contributed by atoms with Crippen molar-refractivity contribution in [2.45, 2.75) is 90.1 Å². The van der Waals surface area contributed by atoms with Gasteiger partial charge >= 0.3 is 11.7 Å². The smallest absolute Gasteiger partial charge is 0.410 e. The predicted molar refractivity (Wildman–Crippen MR) is 143 cm³/mol. The van der Waals surface area contributed by atoms with E-state index in [9.17, 15) is 9.59 Å². The zero-order valence-corrected chi connectivity index (χ0v) is 22.7. The minimum absolute atomic E-state index is 0.0668. The Bertz CT molecular complexity index is 1070. The fourth-order valence-electron chi connectivity index (χ4n) is 9.13. The number of nitrogens with one attached hydrogen (secondary N) is 1. The van der Waals surface area contributed by atoms with E-state index in [1.807, 2.05) is 11.0 Å². The van der Waals surface area contributed by atoms with Crippen LogP contribution in [0.3, 0.4) is 0 Å². The van der Waals surface area contributed by atoms with Gasteiger partial charge in [-0.3, -0.25) is 0 Å². The molecule has 7 atom stereocenters. The Morgan fingerprint density at radius 1 is 1.08 bits per heavy atom. The molecule has 0 unspecified atom stereocenters. The third-order valence-corrected chi connectivity index (χ3v) is 11.3. The molecule has 202 valence electrons. The lowest BCUT2D eigenvalue weighted by Gasteiger charge is -2.59. The third kappa shape index (κ3) is 4.47. The molecule has 1 amide bonds. The largest absolute Gasteiger partial charge is 0.446 e. The molecule has 1 saturated heterocycles. The van der Waals surface area contributed by atoms with Gasteiger partial charge in [-0.25, -0.2) is 9.59 Å². The molecule has 1 aliphatic heterocycles. The molecule has 2 heterocycles. The molecule has 0 aromatic carbocycles. The van der Waals surface area contributed by atoms with Crippen molar-refractivity contribution in [3.63, 3.8) is 0 Å². The first-order valence-electron chi connectivity index (χ1n) is 14.8. The second-order valence-electron chi connectivity index (χ2n) is 13.0. The Hall–Kier alpha value is -2.08. The zero-order chi connectivity index (χ0) is 25.6. The molecule has 37 heavy (non-hydrogen) atoms. The van der Waals surface area contributed by atoms with Gasteiger partial charge in [-0.05, 0) is 117 Å². The van der Waals surface area contributed by atoms with Gasteiger partial charge in [0.15, 0.2) is 0 Å². The normalized spacial score (nSPS) is 39.9. The highest BCUT2D eigenvalue weighted by Crippen LogP contribution is 2.67. The first-order valence-corrected chi connectivity index (χ1v) is 14.8. The molecule has 3 saturated carbocycles. The van der Waals surface area contributed by atoms with Crippen molar-refractivity contribution in [2.75, 3.05) is 26.2 Å². The molecule has 4 aliphatic carbocycles. The van der Waals surface area contributed by atoms with Crippen LogP contribution >= 0.6 is 0 Å². The van der Waals surface area contributed by atoms with Crippen LogP contribution in [-0.4, -0.2) is 43.3 Å². The highest BCUT2D eigenvalue weighted by molar-refractivity contribution is 5.67. The van der Waals surface area contributed by atoms with Crippen LogP contribution < -0.4 is 10.9 Å². The van der Waals surface area contributed by atoms with E-state index in [1.165, 1.54) is 31.2 Å². The maximum Gasteiger partial charge on any atom is 0.410 e. The summed E-state index contributed by atoms with van der Waals surface area (Å²) in [6.45, 7) is 8.50. The standard InChI is InChI=1S/C31H44N2O4/c1-30-13-11-23(37-29(35)33-17-4-3-15-32-16-18-33)19-22(30)6-7-24-26-9-8-25(21-5-10-28(34)36-20-21)31(26,2)14-12-27(24)30/h5,9-10,20,22-25,27,32H,3-4,6-8,11-19H2,1-2H3/t22-,23+,24+,25-,27+,30+,31-/m1/s1. The third-order valence-electron chi connectivity index (χ3n) is 11.3. The zero-order valence-electron chi connectivity index (χ0n) is 22.7. The number of carbonyl (C=O) groups is 1. The summed E-state index contributed by atoms with van der Waals surface area (Å²) in [5.41, 5.74) is 3.08. The fourth-order valence-corrected chi connectivity index (χ4v) is 9.13. The van der Waals surface area contributed by atoms with Crippen LogP contribution in [0.25, 0.3) is 0 Å². The van der Waals surface area contributed by atoms with Crippen molar-refractivity contribution < 1.29 is 13.9 Å². The molecule has 0 radical (unpaired) electrons. The summed E-state index contributed by atoms with van der Waals surface area (Å²) in [5.74, 6) is 2.43. The molecule has 1 N–H and O–H groups in total. The lowest BCUT2D eigenvalue weighted by molar-refractivity contribution is -0.0871. The number of hydrogen-bond acceptors (Lipinski definition) is 5. The van der Waals surface area contributed by atoms with Crippen LogP contribution in [0.15, 0.2) is 39.3 Å². The van der Waals surface area contributed by atoms with Gasteiger partial charge in [-0.15, -0.1) is 0 Å². The number of amides is 1. The molecule has 0 bridgehead atoms. The number of fused-ring (bicyclic) bond motifs is 5. The molecule has 1 aromatic heterocycles. The summed E-state index contributed by atoms with van der Waals surface area (Å²) in [4.78, 5) is 26.4. The van der Waals surface area contributed by atoms with Crippen molar-refractivity contribution in [3.8, 4) is 0 Å². The quantitative estimate of drug-likeness (QED) is 0.506. The lowest BCUT2D eigenvalue weighted by atomic mass is 9.46. The summed E-state index contributed by atoms with van der Waals surface area (Å²) < 4.78 is 11.4. The Kier molecular flexibility index (Phi) is 6.75. The van der Waals surface area contributed by atoms with Gasteiger partial charge in [0.1, 0.15) is 6.10 Å². The van der Waals surface area contributed by atoms with Crippen LogP contribution in [0.2, 0.25) is 0 Å². The molecule has 6 nitrogen and oxygen atoms in total. The van der Waals surface area contributed by atoms with E-state index in [2.05, 4.69) is 25.2 Å². The molecular weight excluding hydrogens is 464 g/mol. The molecule has 6 heteroatoms. The van der Waals surface area contributed by atoms with Crippen LogP contribution in [0, 0.1) is 28.6 Å². The number of allylic oxidation sites excluding steroid dienone is 2. The summed E-state index contributed by atoms with van der Waals surface area (Å²) in [6, 6.07) is 3.56. The van der Waals surface area contributed by atoms with Crippen molar-refractivity contribution in [3.05, 3.63) is 46.0 Å². The minimum Gasteiger partial charge on any atom is -0.446 e. The molecule has 6 rings (SSSR count). The van der Waals surface area contributed by atoms with E-state index in [-0.39, 0.29) is 23.2 Å². The summed E-state index contributed by atoms with van der Waals surface area (Å²) in [5, 5.41) is 3.41. The van der Waals surface area contributed by atoms with Crippen molar-refractivity contribution in [2.24, 2.45) is 28.6 Å². The van der Waals surface area contributed by atoms with Gasteiger partial charge in [0.25, 0.3) is 0 Å². The Labute approximate surface area is 221 Å². The number of nitrogens with zero attached hydrogens (tertiary/aromatic N) is 1. The highest BCUT2D eigenvalue weighted by atomic mass is 16.6. The second-order valence-corrected chi connectivity index (χ2v) is 13.0. The summed E-state index contributed by atoms with van der Waals surface area (Å²) in [6.07, 6.45) is 15.6. The average molecular weight is 509 g/mol. The molecule has 0 spiro atoms. The highest BCUT2D eigenvalue weighted by Gasteiger charge is 2.58. The van der Waals surface area contributed by atoms with Crippen molar-refractivity contribution >= 4 is 6.09 Å². The van der Waals surface area contributed by atoms with E-state index < -0.39 is 0 Å². The fraction of sp³-hybridized carbons (Fsp3) is 0.742. The summed E-state index contributed by atoms with van der Waals surface area (Å²) >= 11 is 0. The number of carbonyl (C=O) groups excluding carboxylic acids is 1. The average Bonchev–Trinajstić information content (AvgIpc) is 3.22. The molecule has 5 aliphatic rings. The van der Waals surface area contributed by atoms with Gasteiger partial charge in [0.2, 0.25) is 0 Å². The monoisotopic (exact) mass is 508 g/mol. The van der Waals surface area contributed by atoms with Crippen LogP contribution in [-0.2, 0) is 4.74 Å². The van der Waals surface area contributed by atoms with E-state index >= 15 is 0 Å². The maximum absolute atomic E-state index is 13.0. The number of hydrogen-bond donors (Lipinski definition) is 1. The predicted octanol–water partition coefficient (Wildman–Crippen LogP) is 5.88. The van der Waals surface area contributed by atoms with E-state index in [4.69, 9.17) is 9.15 Å². The topological polar surface area (TPSA) is 71.8 Å². The van der Waals surface area contributed by atoms with E-state index in [0.717, 1.165) is 70.6 Å². The van der Waals surface area contributed by atoms with Gasteiger partial charge < -0.3 is 19.4 Å². The maximum atomic E-state index is 13.0. The SMILES string of the molecule is C[C@]12CC[C@H](OC(=O)N3CCCCNCC3)C[C@H]1CC[C@H]1C3=CC[C@H](c4ccc(=O)oc4)[C@@]3(C)CC[C@@H]12. The van der Waals surface area contributed by atoms with Crippen LogP contribution in [0.1, 0.15) is 89.5 Å². The number of ether oxygens (including phenoxy) is 1. The number of rotatable bonds is 2. The molecule has 4 fully saturated rings. The van der Waals surface area contributed by atoms with Crippen LogP contribution in [0.5, 0.6) is 0 Å². The van der Waals surface area contributed by atoms with Gasteiger partial charge in [0.05, 0.1) is 6.26 Å². The van der Waals surface area contributed by atoms with Gasteiger partial charge in [-0.1, -0.05) is 25.5 Å². The van der Waals surface area contributed by atoms with E-state index in [0.29, 0.717) is 23.2 Å². The van der Waals surface area contributed by atoms with Gasteiger partial charge in [0, 0.05) is 25.7 Å². The Balaban J connectivity index is 1.12. The Morgan fingerprint density at radius 2 is 1.97 bits per heavy atom. The van der Waals surface area contributed by atoms with Crippen LogP contribution in [0.4, 0.5) is 4.79 Å². The lowest BCUT2D eigenvalue weighted by Crippen LogP contribution is -2.52. The first-order chi connectivity index (χ1) is 17.9. The Morgan fingerprint density at radius 3 is 2.81 bits per heavy atom. The minimum atomic E-state index is -0.268. The van der Waals surface area contributed by atoms with Crippen molar-refractivity contribution in [1.82, 2.24) is 10.2 Å². The second kappa shape index (κ2) is 9.91. The van der Waals surface area contributed by atoms with Crippen molar-refractivity contribution in [1.29, 1.82) is 0 Å². The first kappa shape index (κ1) is 25.2.